The van der Waals surface area contributed by atoms with Crippen molar-refractivity contribution in [1.82, 2.24) is 4.57 Å². The van der Waals surface area contributed by atoms with E-state index in [2.05, 4.69) is 6.07 Å². The Kier molecular flexibility index (Phi) is 5.05. The highest BCUT2D eigenvalue weighted by Crippen LogP contribution is 2.35. The maximum atomic E-state index is 14.5. The monoisotopic (exact) mass is 441 g/mol. The number of carbonyl (C=O) groups is 1. The Hall–Kier alpha value is -4.19. The van der Waals surface area contributed by atoms with Gasteiger partial charge < -0.3 is 15.0 Å². The molecule has 0 atom stereocenters. The Balaban J connectivity index is 1.78. The summed E-state index contributed by atoms with van der Waals surface area (Å²) in [6.45, 7) is 0.0751. The third kappa shape index (κ3) is 3.49. The summed E-state index contributed by atoms with van der Waals surface area (Å²) in [7, 11) is 1.61. The van der Waals surface area contributed by atoms with E-state index in [0.29, 0.717) is 21.9 Å². The molecule has 33 heavy (non-hydrogen) atoms. The van der Waals surface area contributed by atoms with Gasteiger partial charge in [-0.15, -0.1) is 0 Å². The van der Waals surface area contributed by atoms with E-state index in [1.54, 1.807) is 25.3 Å². The normalized spacial score (nSPS) is 11.2. The van der Waals surface area contributed by atoms with E-state index < -0.39 is 17.5 Å². The zero-order valence-electron chi connectivity index (χ0n) is 17.7. The van der Waals surface area contributed by atoms with Crippen molar-refractivity contribution in [3.8, 4) is 16.9 Å². The molecule has 4 nitrogen and oxygen atoms in total. The lowest BCUT2D eigenvalue weighted by Gasteiger charge is -2.10. The highest BCUT2D eigenvalue weighted by Gasteiger charge is 2.19. The lowest BCUT2D eigenvalue weighted by atomic mass is 10.0. The summed E-state index contributed by atoms with van der Waals surface area (Å²) in [5.41, 5.74) is 9.44. The van der Waals surface area contributed by atoms with Crippen LogP contribution in [0.2, 0.25) is 0 Å². The molecule has 0 aliphatic heterocycles. The van der Waals surface area contributed by atoms with Gasteiger partial charge in [0.15, 0.2) is 11.6 Å². The Morgan fingerprint density at radius 2 is 1.76 bits per heavy atom. The molecule has 5 rings (SSSR count). The van der Waals surface area contributed by atoms with Crippen LogP contribution in [0.5, 0.6) is 5.75 Å². The lowest BCUT2D eigenvalue weighted by Crippen LogP contribution is -2.11. The number of benzene rings is 4. The van der Waals surface area contributed by atoms with Crippen molar-refractivity contribution in [2.75, 3.05) is 7.11 Å². The van der Waals surface area contributed by atoms with Crippen molar-refractivity contribution in [3.63, 3.8) is 0 Å². The fourth-order valence-electron chi connectivity index (χ4n) is 4.22. The molecule has 1 aromatic heterocycles. The van der Waals surface area contributed by atoms with Gasteiger partial charge in [-0.3, -0.25) is 4.79 Å². The molecule has 0 aliphatic rings. The summed E-state index contributed by atoms with van der Waals surface area (Å²) in [6.07, 6.45) is 0. The number of nitrogens with zero attached hydrogens (tertiary/aromatic N) is 1. The van der Waals surface area contributed by atoms with Gasteiger partial charge in [0.05, 0.1) is 24.7 Å². The molecule has 6 heteroatoms. The number of amides is 1. The molecule has 0 bridgehead atoms. The Labute approximate surface area is 188 Å². The van der Waals surface area contributed by atoms with Gasteiger partial charge in [-0.05, 0) is 59.7 Å². The Morgan fingerprint density at radius 1 is 1.00 bits per heavy atom. The minimum atomic E-state index is -0.906. The van der Waals surface area contributed by atoms with Crippen molar-refractivity contribution in [1.29, 1.82) is 0 Å². The third-order valence-corrected chi connectivity index (χ3v) is 5.84. The Morgan fingerprint density at radius 3 is 2.48 bits per heavy atom. The van der Waals surface area contributed by atoms with E-state index in [-0.39, 0.29) is 12.1 Å². The summed E-state index contributed by atoms with van der Waals surface area (Å²) in [6, 6.07) is 24.0. The van der Waals surface area contributed by atoms with Crippen molar-refractivity contribution in [2.45, 2.75) is 6.54 Å². The summed E-state index contributed by atoms with van der Waals surface area (Å²) >= 11 is 0. The molecule has 1 radical (unpaired) electrons. The standard InChI is InChI=1S/C27H19F2N2O2/c1-33-19-11-8-16(9-12-19)17-10-13-20-24(14-17)31(15-18-4-2-6-22(28)26(18)29)23-7-3-5-21(25(20)23)27(30)32/h2-12,14H,15H2,1H3,(H2,30,32). The van der Waals surface area contributed by atoms with Crippen LogP contribution >= 0.6 is 0 Å². The van der Waals surface area contributed by atoms with Gasteiger partial charge in [0, 0.05) is 21.9 Å². The van der Waals surface area contributed by atoms with Crippen LogP contribution in [-0.4, -0.2) is 17.6 Å². The molecule has 0 saturated carbocycles. The van der Waals surface area contributed by atoms with Gasteiger partial charge in [-0.25, -0.2) is 8.78 Å². The summed E-state index contributed by atoms with van der Waals surface area (Å²) < 4.78 is 35.5. The zero-order valence-corrected chi connectivity index (χ0v) is 17.7. The molecule has 1 amide bonds. The van der Waals surface area contributed by atoms with Crippen molar-refractivity contribution in [2.24, 2.45) is 5.73 Å². The number of primary amides is 1. The van der Waals surface area contributed by atoms with Crippen molar-refractivity contribution >= 4 is 27.7 Å². The van der Waals surface area contributed by atoms with E-state index in [1.807, 2.05) is 47.0 Å². The van der Waals surface area contributed by atoms with Crippen LogP contribution in [0.3, 0.4) is 0 Å². The smallest absolute Gasteiger partial charge is 0.249 e. The largest absolute Gasteiger partial charge is 0.497 e. The number of rotatable bonds is 5. The number of methoxy groups -OCH3 is 1. The molecule has 5 aromatic rings. The zero-order chi connectivity index (χ0) is 23.1. The van der Waals surface area contributed by atoms with Crippen LogP contribution in [0.15, 0.2) is 72.8 Å². The summed E-state index contributed by atoms with van der Waals surface area (Å²) in [4.78, 5) is 12.2. The first kappa shape index (κ1) is 20.7. The number of ether oxygens (including phenoxy) is 1. The number of hydrogen-bond acceptors (Lipinski definition) is 2. The van der Waals surface area contributed by atoms with E-state index in [1.165, 1.54) is 6.07 Å². The third-order valence-electron chi connectivity index (χ3n) is 5.84. The number of halogens is 2. The average Bonchev–Trinajstić information content (AvgIpc) is 3.15. The Bertz CT molecular complexity index is 1520. The minimum Gasteiger partial charge on any atom is -0.497 e. The van der Waals surface area contributed by atoms with Gasteiger partial charge in [-0.1, -0.05) is 30.3 Å². The highest BCUT2D eigenvalue weighted by atomic mass is 19.2. The van der Waals surface area contributed by atoms with Crippen molar-refractivity contribution < 1.29 is 18.3 Å². The van der Waals surface area contributed by atoms with E-state index in [0.717, 1.165) is 28.5 Å². The number of nitrogens with two attached hydrogens (primary N) is 1. The minimum absolute atomic E-state index is 0.0751. The van der Waals surface area contributed by atoms with Crippen LogP contribution in [0.4, 0.5) is 8.78 Å². The van der Waals surface area contributed by atoms with Gasteiger partial charge >= 0.3 is 0 Å². The fourth-order valence-corrected chi connectivity index (χ4v) is 4.22. The predicted molar refractivity (Wildman–Crippen MR) is 124 cm³/mol. The van der Waals surface area contributed by atoms with E-state index >= 15 is 0 Å². The number of fused-ring (bicyclic) bond motifs is 3. The molecule has 163 valence electrons. The van der Waals surface area contributed by atoms with Gasteiger partial charge in [-0.2, -0.15) is 0 Å². The van der Waals surface area contributed by atoms with E-state index in [9.17, 15) is 13.6 Å². The second-order valence-corrected chi connectivity index (χ2v) is 7.74. The number of hydrogen-bond donors (Lipinski definition) is 1. The van der Waals surface area contributed by atoms with E-state index in [4.69, 9.17) is 10.5 Å². The van der Waals surface area contributed by atoms with Gasteiger partial charge in [0.25, 0.3) is 0 Å². The molecule has 1 heterocycles. The first-order chi connectivity index (χ1) is 16.0. The molecule has 4 aromatic carbocycles. The van der Waals surface area contributed by atoms with Crippen LogP contribution < -0.4 is 10.5 Å². The van der Waals surface area contributed by atoms with Crippen LogP contribution in [0.1, 0.15) is 15.9 Å². The molecule has 0 spiro atoms. The average molecular weight is 441 g/mol. The quantitative estimate of drug-likeness (QED) is 0.381. The maximum Gasteiger partial charge on any atom is 0.249 e. The molecule has 0 aliphatic carbocycles. The first-order valence-electron chi connectivity index (χ1n) is 10.3. The molecular weight excluding hydrogens is 422 g/mol. The van der Waals surface area contributed by atoms with Crippen LogP contribution in [0, 0.1) is 17.7 Å². The number of carbonyl (C=O) groups excluding carboxylic acids is 1. The topological polar surface area (TPSA) is 57.2 Å². The highest BCUT2D eigenvalue weighted by molar-refractivity contribution is 6.18. The molecule has 0 unspecified atom stereocenters. The second-order valence-electron chi connectivity index (χ2n) is 7.74. The van der Waals surface area contributed by atoms with Gasteiger partial charge in [0.1, 0.15) is 5.75 Å². The van der Waals surface area contributed by atoms with Crippen LogP contribution in [0.25, 0.3) is 32.9 Å². The fraction of sp³-hybridized carbons (Fsp3) is 0.0741. The first-order valence-corrected chi connectivity index (χ1v) is 10.3. The van der Waals surface area contributed by atoms with Crippen molar-refractivity contribution in [3.05, 3.63) is 102 Å². The molecule has 0 fully saturated rings. The summed E-state index contributed by atoms with van der Waals surface area (Å²) in [5, 5.41) is 1.33. The van der Waals surface area contributed by atoms with Gasteiger partial charge in [0.2, 0.25) is 5.91 Å². The molecular formula is C27H19F2N2O2. The SMILES string of the molecule is COc1ccc(-c2c[c]c3c4c(C(N)=O)cccc4n(Cc4cccc(F)c4F)c3c2)cc1. The lowest BCUT2D eigenvalue weighted by molar-refractivity contribution is 0.100. The maximum absolute atomic E-state index is 14.5. The number of aromatic nitrogens is 1. The predicted octanol–water partition coefficient (Wildman–Crippen LogP) is 5.70. The van der Waals surface area contributed by atoms with Crippen LogP contribution in [-0.2, 0) is 6.54 Å². The second kappa shape index (κ2) is 8.06. The molecule has 0 saturated heterocycles. The summed E-state index contributed by atoms with van der Waals surface area (Å²) in [5.74, 6) is -1.62. The molecule has 2 N–H and O–H groups in total.